The number of nitrogens with one attached hydrogen (secondary N) is 3. The van der Waals surface area contributed by atoms with Gasteiger partial charge in [0.25, 0.3) is 5.91 Å². The van der Waals surface area contributed by atoms with Crippen molar-refractivity contribution in [3.8, 4) is 5.75 Å². The van der Waals surface area contributed by atoms with Crippen LogP contribution in [-0.2, 0) is 9.59 Å². The van der Waals surface area contributed by atoms with E-state index < -0.39 is 5.91 Å². The lowest BCUT2D eigenvalue weighted by Crippen LogP contribution is -2.40. The molecule has 6 nitrogen and oxygen atoms in total. The summed E-state index contributed by atoms with van der Waals surface area (Å²) in [4.78, 5) is 23.8. The lowest BCUT2D eigenvalue weighted by atomic mass is 10.2. The zero-order chi connectivity index (χ0) is 19.8. The van der Waals surface area contributed by atoms with E-state index in [1.165, 1.54) is 0 Å². The van der Waals surface area contributed by atoms with E-state index in [4.69, 9.17) is 4.74 Å². The molecule has 0 unspecified atom stereocenters. The number of hydrogen-bond donors (Lipinski definition) is 3. The van der Waals surface area contributed by atoms with Crippen LogP contribution in [0.25, 0.3) is 0 Å². The topological polar surface area (TPSA) is 79.5 Å². The first-order chi connectivity index (χ1) is 12.8. The highest BCUT2D eigenvalue weighted by atomic mass is 79.9. The minimum Gasteiger partial charge on any atom is -0.483 e. The number of rotatable bonds is 8. The minimum absolute atomic E-state index is 0.0111. The fourth-order valence-electron chi connectivity index (χ4n) is 2.07. The third-order valence-corrected chi connectivity index (χ3v) is 4.42. The first-order valence-electron chi connectivity index (χ1n) is 8.00. The molecule has 0 bridgehead atoms. The summed E-state index contributed by atoms with van der Waals surface area (Å²) < 4.78 is 7.09. The van der Waals surface area contributed by atoms with E-state index in [0.29, 0.717) is 17.1 Å². The molecule has 0 atom stereocenters. The monoisotopic (exact) mass is 495 g/mol. The summed E-state index contributed by atoms with van der Waals surface area (Å²) in [7, 11) is 0. The smallest absolute Gasteiger partial charge is 0.276 e. The van der Waals surface area contributed by atoms with E-state index in [9.17, 15) is 9.59 Å². The molecule has 0 aromatic heterocycles. The van der Waals surface area contributed by atoms with Crippen molar-refractivity contribution in [1.29, 1.82) is 0 Å². The van der Waals surface area contributed by atoms with Crippen LogP contribution in [0.4, 0.5) is 5.69 Å². The first-order valence-corrected chi connectivity index (χ1v) is 9.59. The molecule has 27 heavy (non-hydrogen) atoms. The molecule has 0 heterocycles. The maximum absolute atomic E-state index is 12.0. The number of anilines is 1. The molecule has 0 fully saturated rings. The van der Waals surface area contributed by atoms with Gasteiger partial charge in [0.1, 0.15) is 5.75 Å². The fourth-order valence-corrected chi connectivity index (χ4v) is 3.08. The number of carbonyl (C=O) groups excluding carboxylic acids is 2. The summed E-state index contributed by atoms with van der Waals surface area (Å²) in [6.45, 7) is 5.51. The molecule has 8 heteroatoms. The molecule has 2 aromatic carbocycles. The molecule has 2 amide bonds. The second kappa shape index (κ2) is 10.1. The van der Waals surface area contributed by atoms with Gasteiger partial charge in [-0.25, -0.2) is 0 Å². The van der Waals surface area contributed by atoms with Crippen molar-refractivity contribution in [2.75, 3.05) is 11.9 Å². The van der Waals surface area contributed by atoms with Crippen LogP contribution in [0, 0.1) is 6.92 Å². The SMILES string of the molecule is C=C(CC(=O)Nc1cccc(Br)c1)NNC(=O)COc1ccc(C)cc1Br. The van der Waals surface area contributed by atoms with Crippen LogP contribution in [0.3, 0.4) is 0 Å². The summed E-state index contributed by atoms with van der Waals surface area (Å²) in [6.07, 6.45) is 0.0111. The molecule has 0 aliphatic rings. The molecule has 142 valence electrons. The number of hydrazine groups is 1. The zero-order valence-electron chi connectivity index (χ0n) is 14.6. The van der Waals surface area contributed by atoms with Crippen LogP contribution in [0.1, 0.15) is 12.0 Å². The number of halogens is 2. The van der Waals surface area contributed by atoms with E-state index in [2.05, 4.69) is 54.6 Å². The van der Waals surface area contributed by atoms with Gasteiger partial charge in [0.15, 0.2) is 6.61 Å². The molecule has 0 aliphatic heterocycles. The largest absolute Gasteiger partial charge is 0.483 e. The van der Waals surface area contributed by atoms with Crippen molar-refractivity contribution < 1.29 is 14.3 Å². The van der Waals surface area contributed by atoms with Gasteiger partial charge in [-0.2, -0.15) is 0 Å². The molecular formula is C19H19Br2N3O3. The molecule has 0 radical (unpaired) electrons. The Kier molecular flexibility index (Phi) is 7.87. The Labute approximate surface area is 174 Å². The summed E-state index contributed by atoms with van der Waals surface area (Å²) in [5.74, 6) is -0.0707. The Hall–Kier alpha value is -2.32. The highest BCUT2D eigenvalue weighted by Crippen LogP contribution is 2.25. The maximum Gasteiger partial charge on any atom is 0.276 e. The second-order valence-corrected chi connectivity index (χ2v) is 7.50. The van der Waals surface area contributed by atoms with Crippen molar-refractivity contribution in [2.24, 2.45) is 0 Å². The minimum atomic E-state index is -0.393. The summed E-state index contributed by atoms with van der Waals surface area (Å²) in [6, 6.07) is 12.8. The van der Waals surface area contributed by atoms with Gasteiger partial charge < -0.3 is 15.5 Å². The lowest BCUT2D eigenvalue weighted by molar-refractivity contribution is -0.124. The molecule has 2 rings (SSSR count). The maximum atomic E-state index is 12.0. The standard InChI is InChI=1S/C19H19Br2N3O3/c1-12-6-7-17(16(21)8-12)27-11-19(26)24-23-13(2)9-18(25)22-15-5-3-4-14(20)10-15/h3-8,10,23H,2,9,11H2,1H3,(H,22,25)(H,24,26). The number of amides is 2. The van der Waals surface area contributed by atoms with Crippen molar-refractivity contribution in [3.05, 3.63) is 69.2 Å². The van der Waals surface area contributed by atoms with E-state index in [0.717, 1.165) is 14.5 Å². The van der Waals surface area contributed by atoms with Gasteiger partial charge in [-0.05, 0) is 58.7 Å². The van der Waals surface area contributed by atoms with Crippen molar-refractivity contribution >= 4 is 49.4 Å². The van der Waals surface area contributed by atoms with Gasteiger partial charge >= 0.3 is 0 Å². The lowest BCUT2D eigenvalue weighted by Gasteiger charge is -2.12. The molecule has 3 N–H and O–H groups in total. The van der Waals surface area contributed by atoms with Crippen LogP contribution in [0.15, 0.2) is 63.7 Å². The predicted molar refractivity (Wildman–Crippen MR) is 112 cm³/mol. The van der Waals surface area contributed by atoms with E-state index in [1.807, 2.05) is 31.2 Å². The van der Waals surface area contributed by atoms with Crippen LogP contribution in [-0.4, -0.2) is 18.4 Å². The number of hydrogen-bond acceptors (Lipinski definition) is 4. The number of aryl methyl sites for hydroxylation is 1. The van der Waals surface area contributed by atoms with Gasteiger partial charge in [-0.15, -0.1) is 0 Å². The Morgan fingerprint density at radius 2 is 1.85 bits per heavy atom. The van der Waals surface area contributed by atoms with Gasteiger partial charge in [-0.3, -0.25) is 15.0 Å². The van der Waals surface area contributed by atoms with Gasteiger partial charge in [0.2, 0.25) is 5.91 Å². The fraction of sp³-hybridized carbons (Fsp3) is 0.158. The van der Waals surface area contributed by atoms with Crippen molar-refractivity contribution in [1.82, 2.24) is 10.9 Å². The zero-order valence-corrected chi connectivity index (χ0v) is 17.8. The molecule has 2 aromatic rings. The second-order valence-electron chi connectivity index (χ2n) is 5.73. The van der Waals surface area contributed by atoms with Gasteiger partial charge in [0, 0.05) is 15.9 Å². The number of carbonyl (C=O) groups is 2. The third kappa shape index (κ3) is 7.44. The van der Waals surface area contributed by atoms with E-state index in [1.54, 1.807) is 18.2 Å². The number of ether oxygens (including phenoxy) is 1. The van der Waals surface area contributed by atoms with Crippen LogP contribution in [0.2, 0.25) is 0 Å². The van der Waals surface area contributed by atoms with E-state index >= 15 is 0 Å². The third-order valence-electron chi connectivity index (χ3n) is 3.31. The quantitative estimate of drug-likeness (QED) is 0.481. The summed E-state index contributed by atoms with van der Waals surface area (Å²) >= 11 is 6.72. The average Bonchev–Trinajstić information content (AvgIpc) is 2.59. The first kappa shape index (κ1) is 21.0. The average molecular weight is 497 g/mol. The highest BCUT2D eigenvalue weighted by molar-refractivity contribution is 9.10. The molecule has 0 saturated heterocycles. The van der Waals surface area contributed by atoms with Crippen molar-refractivity contribution in [2.45, 2.75) is 13.3 Å². The van der Waals surface area contributed by atoms with Crippen LogP contribution in [0.5, 0.6) is 5.75 Å². The Bertz CT molecular complexity index is 856. The van der Waals surface area contributed by atoms with Gasteiger partial charge in [-0.1, -0.05) is 34.6 Å². The number of benzene rings is 2. The predicted octanol–water partition coefficient (Wildman–Crippen LogP) is 4.06. The van der Waals surface area contributed by atoms with E-state index in [-0.39, 0.29) is 18.9 Å². The Morgan fingerprint density at radius 3 is 2.56 bits per heavy atom. The highest BCUT2D eigenvalue weighted by Gasteiger charge is 2.08. The summed E-state index contributed by atoms with van der Waals surface area (Å²) in [5.41, 5.74) is 7.17. The Morgan fingerprint density at radius 1 is 1.07 bits per heavy atom. The van der Waals surface area contributed by atoms with Crippen LogP contribution >= 0.6 is 31.9 Å². The van der Waals surface area contributed by atoms with Gasteiger partial charge in [0.05, 0.1) is 10.9 Å². The molecule has 0 aliphatic carbocycles. The molecular weight excluding hydrogens is 478 g/mol. The van der Waals surface area contributed by atoms with Crippen molar-refractivity contribution in [3.63, 3.8) is 0 Å². The molecule has 0 saturated carbocycles. The normalized spacial score (nSPS) is 10.0. The van der Waals surface area contributed by atoms with Crippen LogP contribution < -0.4 is 20.9 Å². The molecule has 0 spiro atoms. The Balaban J connectivity index is 1.71. The summed E-state index contributed by atoms with van der Waals surface area (Å²) in [5, 5.41) is 2.75.